The van der Waals surface area contributed by atoms with Gasteiger partial charge in [0.25, 0.3) is 0 Å². The van der Waals surface area contributed by atoms with Gasteiger partial charge in [0.15, 0.2) is 0 Å². The summed E-state index contributed by atoms with van der Waals surface area (Å²) in [6.07, 6.45) is 7.92. The third-order valence-corrected chi connectivity index (χ3v) is 1.84. The van der Waals surface area contributed by atoms with Crippen LogP contribution in [-0.2, 0) is 4.79 Å². The zero-order valence-electron chi connectivity index (χ0n) is 8.88. The standard InChI is InChI=1S/C11H11N3O3/c1-2-4-9(10(15)16)14-11(17)13-8-5-3-6-12-7-8/h1,3,5-7,9H,4H2,(H,15,16)(H2,13,14,17). The van der Waals surface area contributed by atoms with Gasteiger partial charge < -0.3 is 15.7 Å². The zero-order chi connectivity index (χ0) is 12.7. The van der Waals surface area contributed by atoms with Crippen LogP contribution in [0.3, 0.4) is 0 Å². The number of carboxylic acid groups (broad SMARTS) is 1. The van der Waals surface area contributed by atoms with Gasteiger partial charge >= 0.3 is 12.0 Å². The summed E-state index contributed by atoms with van der Waals surface area (Å²) in [6.45, 7) is 0. The summed E-state index contributed by atoms with van der Waals surface area (Å²) in [7, 11) is 0. The van der Waals surface area contributed by atoms with Crippen LogP contribution in [0.15, 0.2) is 24.5 Å². The van der Waals surface area contributed by atoms with Gasteiger partial charge in [-0.2, -0.15) is 0 Å². The Labute approximate surface area is 98.1 Å². The second-order valence-corrected chi connectivity index (χ2v) is 3.14. The Hall–Kier alpha value is -2.55. The summed E-state index contributed by atoms with van der Waals surface area (Å²) in [5.74, 6) is 1.01. The van der Waals surface area contributed by atoms with Crippen molar-refractivity contribution in [2.45, 2.75) is 12.5 Å². The van der Waals surface area contributed by atoms with E-state index in [0.717, 1.165) is 0 Å². The first-order valence-corrected chi connectivity index (χ1v) is 4.77. The molecule has 1 rings (SSSR count). The van der Waals surface area contributed by atoms with Crippen LogP contribution in [0.5, 0.6) is 0 Å². The molecule has 0 aliphatic heterocycles. The average molecular weight is 233 g/mol. The number of aromatic nitrogens is 1. The molecule has 17 heavy (non-hydrogen) atoms. The first kappa shape index (κ1) is 12.5. The number of carbonyl (C=O) groups excluding carboxylic acids is 1. The molecule has 0 aliphatic carbocycles. The SMILES string of the molecule is C#CCC(NC(=O)Nc1cccnc1)C(=O)O. The number of hydrogen-bond acceptors (Lipinski definition) is 3. The predicted octanol–water partition coefficient (Wildman–Crippen LogP) is 0.680. The van der Waals surface area contributed by atoms with Crippen LogP contribution in [0.25, 0.3) is 0 Å². The van der Waals surface area contributed by atoms with Gasteiger partial charge in [-0.25, -0.2) is 9.59 Å². The van der Waals surface area contributed by atoms with E-state index in [1.54, 1.807) is 18.3 Å². The Morgan fingerprint density at radius 3 is 2.88 bits per heavy atom. The van der Waals surface area contributed by atoms with E-state index in [1.165, 1.54) is 6.20 Å². The molecule has 1 atom stereocenters. The molecule has 2 amide bonds. The Kier molecular flexibility index (Phi) is 4.51. The highest BCUT2D eigenvalue weighted by Gasteiger charge is 2.18. The molecule has 0 bridgehead atoms. The minimum Gasteiger partial charge on any atom is -0.480 e. The van der Waals surface area contributed by atoms with Gasteiger partial charge in [-0.3, -0.25) is 4.98 Å². The maximum atomic E-state index is 11.4. The van der Waals surface area contributed by atoms with E-state index in [2.05, 4.69) is 21.5 Å². The fourth-order valence-corrected chi connectivity index (χ4v) is 1.08. The van der Waals surface area contributed by atoms with Crippen molar-refractivity contribution in [3.63, 3.8) is 0 Å². The highest BCUT2D eigenvalue weighted by molar-refractivity contribution is 5.92. The lowest BCUT2D eigenvalue weighted by Gasteiger charge is -2.12. The first-order valence-electron chi connectivity index (χ1n) is 4.77. The number of anilines is 1. The Balaban J connectivity index is 2.54. The minimum atomic E-state index is -1.18. The maximum Gasteiger partial charge on any atom is 0.327 e. The number of carboxylic acids is 1. The van der Waals surface area contributed by atoms with Crippen molar-refractivity contribution in [3.8, 4) is 12.3 Å². The zero-order valence-corrected chi connectivity index (χ0v) is 8.88. The lowest BCUT2D eigenvalue weighted by atomic mass is 10.2. The third-order valence-electron chi connectivity index (χ3n) is 1.84. The molecule has 3 N–H and O–H groups in total. The number of rotatable bonds is 4. The van der Waals surface area contributed by atoms with Crippen LogP contribution in [0.2, 0.25) is 0 Å². The number of pyridine rings is 1. The molecule has 6 nitrogen and oxygen atoms in total. The summed E-state index contributed by atoms with van der Waals surface area (Å²) < 4.78 is 0. The number of amides is 2. The molecule has 0 spiro atoms. The van der Waals surface area contributed by atoms with Crippen LogP contribution in [-0.4, -0.2) is 28.1 Å². The molecule has 0 radical (unpaired) electrons. The van der Waals surface area contributed by atoms with Crippen molar-refractivity contribution >= 4 is 17.7 Å². The normalized spacial score (nSPS) is 11.0. The first-order chi connectivity index (χ1) is 8.13. The van der Waals surface area contributed by atoms with Crippen LogP contribution in [0.1, 0.15) is 6.42 Å². The van der Waals surface area contributed by atoms with Crippen LogP contribution >= 0.6 is 0 Å². The summed E-state index contributed by atoms with van der Waals surface area (Å²) in [5.41, 5.74) is 0.467. The number of urea groups is 1. The van der Waals surface area contributed by atoms with Crippen molar-refractivity contribution in [2.75, 3.05) is 5.32 Å². The summed E-state index contributed by atoms with van der Waals surface area (Å²) in [4.78, 5) is 25.9. The second-order valence-electron chi connectivity index (χ2n) is 3.14. The smallest absolute Gasteiger partial charge is 0.327 e. The van der Waals surface area contributed by atoms with E-state index in [-0.39, 0.29) is 6.42 Å². The van der Waals surface area contributed by atoms with Gasteiger partial charge in [0.05, 0.1) is 11.9 Å². The Morgan fingerprint density at radius 2 is 2.35 bits per heavy atom. The maximum absolute atomic E-state index is 11.4. The number of carbonyl (C=O) groups is 2. The van der Waals surface area contributed by atoms with E-state index in [0.29, 0.717) is 5.69 Å². The van der Waals surface area contributed by atoms with E-state index < -0.39 is 18.0 Å². The van der Waals surface area contributed by atoms with Crippen LogP contribution < -0.4 is 10.6 Å². The molecule has 6 heteroatoms. The molecule has 0 aliphatic rings. The molecule has 1 unspecified atom stereocenters. The van der Waals surface area contributed by atoms with Gasteiger partial charge in [-0.15, -0.1) is 12.3 Å². The van der Waals surface area contributed by atoms with Crippen molar-refractivity contribution in [1.29, 1.82) is 0 Å². The van der Waals surface area contributed by atoms with Crippen molar-refractivity contribution in [1.82, 2.24) is 10.3 Å². The molecule has 0 saturated carbocycles. The van der Waals surface area contributed by atoms with E-state index in [4.69, 9.17) is 11.5 Å². The molecule has 1 heterocycles. The fourth-order valence-electron chi connectivity index (χ4n) is 1.08. The highest BCUT2D eigenvalue weighted by Crippen LogP contribution is 2.02. The monoisotopic (exact) mass is 233 g/mol. The molecular weight excluding hydrogens is 222 g/mol. The second kappa shape index (κ2) is 6.12. The van der Waals surface area contributed by atoms with Crippen molar-refractivity contribution in [3.05, 3.63) is 24.5 Å². The van der Waals surface area contributed by atoms with E-state index in [1.807, 2.05) is 0 Å². The van der Waals surface area contributed by atoms with Gasteiger partial charge in [0, 0.05) is 12.6 Å². The summed E-state index contributed by atoms with van der Waals surface area (Å²) in [6, 6.07) is 1.53. The van der Waals surface area contributed by atoms with Crippen molar-refractivity contribution in [2.24, 2.45) is 0 Å². The fraction of sp³-hybridized carbons (Fsp3) is 0.182. The lowest BCUT2D eigenvalue weighted by molar-refractivity contribution is -0.139. The van der Waals surface area contributed by atoms with Crippen LogP contribution in [0, 0.1) is 12.3 Å². The lowest BCUT2D eigenvalue weighted by Crippen LogP contribution is -2.42. The number of nitrogens with zero attached hydrogens (tertiary/aromatic N) is 1. The Morgan fingerprint density at radius 1 is 1.59 bits per heavy atom. The van der Waals surface area contributed by atoms with Gasteiger partial charge in [0.2, 0.25) is 0 Å². The van der Waals surface area contributed by atoms with E-state index >= 15 is 0 Å². The van der Waals surface area contributed by atoms with Gasteiger partial charge in [0.1, 0.15) is 6.04 Å². The van der Waals surface area contributed by atoms with Crippen molar-refractivity contribution < 1.29 is 14.7 Å². The highest BCUT2D eigenvalue weighted by atomic mass is 16.4. The third kappa shape index (κ3) is 4.22. The molecule has 88 valence electrons. The Bertz CT molecular complexity index is 439. The van der Waals surface area contributed by atoms with E-state index in [9.17, 15) is 9.59 Å². The number of hydrogen-bond donors (Lipinski definition) is 3. The molecule has 1 aromatic heterocycles. The molecule has 0 fully saturated rings. The number of nitrogens with one attached hydrogen (secondary N) is 2. The summed E-state index contributed by atoms with van der Waals surface area (Å²) >= 11 is 0. The molecule has 0 aromatic carbocycles. The average Bonchev–Trinajstić information content (AvgIpc) is 2.29. The quantitative estimate of drug-likeness (QED) is 0.667. The molecular formula is C11H11N3O3. The number of terminal acetylenes is 1. The topological polar surface area (TPSA) is 91.3 Å². The largest absolute Gasteiger partial charge is 0.480 e. The summed E-state index contributed by atoms with van der Waals surface area (Å²) in [5, 5.41) is 13.5. The number of aliphatic carboxylic acids is 1. The minimum absolute atomic E-state index is 0.0736. The van der Waals surface area contributed by atoms with Crippen LogP contribution in [0.4, 0.5) is 10.5 Å². The van der Waals surface area contributed by atoms with Gasteiger partial charge in [-0.05, 0) is 12.1 Å². The molecule has 0 saturated heterocycles. The predicted molar refractivity (Wildman–Crippen MR) is 61.3 cm³/mol. The molecule has 1 aromatic rings. The van der Waals surface area contributed by atoms with Gasteiger partial charge in [-0.1, -0.05) is 0 Å².